The van der Waals surface area contributed by atoms with Gasteiger partial charge in [0.2, 0.25) is 10.0 Å². The molecule has 1 fully saturated rings. The van der Waals surface area contributed by atoms with Gasteiger partial charge in [0, 0.05) is 37.5 Å². The van der Waals surface area contributed by atoms with Crippen LogP contribution in [0.4, 0.5) is 0 Å². The van der Waals surface area contributed by atoms with Crippen LogP contribution in [0.2, 0.25) is 0 Å². The van der Waals surface area contributed by atoms with Crippen molar-refractivity contribution in [2.24, 2.45) is 15.9 Å². The van der Waals surface area contributed by atoms with Crippen LogP contribution in [0.25, 0.3) is 0 Å². The lowest BCUT2D eigenvalue weighted by Crippen LogP contribution is -2.38. The third-order valence-corrected chi connectivity index (χ3v) is 8.18. The van der Waals surface area contributed by atoms with E-state index in [0.29, 0.717) is 43.6 Å². The van der Waals surface area contributed by atoms with Gasteiger partial charge in [-0.05, 0) is 49.5 Å². The summed E-state index contributed by atoms with van der Waals surface area (Å²) in [6.45, 7) is 2.26. The number of dihydropyridines is 1. The number of hydrogen-bond acceptors (Lipinski definition) is 6. The first kappa shape index (κ1) is 23.4. The number of methoxy groups -OCH3 is 1. The van der Waals surface area contributed by atoms with Crippen molar-refractivity contribution in [3.8, 4) is 5.75 Å². The van der Waals surface area contributed by atoms with Crippen LogP contribution in [0.15, 0.2) is 62.6 Å². The number of carbonyl (C=O) groups excluding carboxylic acids is 1. The second-order valence-corrected chi connectivity index (χ2v) is 10.4. The number of fused-ring (bicyclic) bond motifs is 1. The molecule has 1 saturated heterocycles. The summed E-state index contributed by atoms with van der Waals surface area (Å²) < 4.78 is 32.6. The minimum absolute atomic E-state index is 0.145. The molecule has 3 aliphatic heterocycles. The number of sulfonamides is 1. The largest absolute Gasteiger partial charge is 0.497 e. The standard InChI is InChI=1S/C24H30N4O4S/c1-32-20-6-4-7-21(16-20)33(30,31)28-13-9-18(10-14-28)5-2-3-11-26-24(29)23-15-19-17-25-12-8-22(19)27-23/h4,6-8,12,15-16,18H,2-3,5,9-11,13-14,17H2,1H3,(H,26,29). The number of amides is 1. The van der Waals surface area contributed by atoms with Crippen LogP contribution in [-0.2, 0) is 14.8 Å². The molecule has 3 aliphatic rings. The Morgan fingerprint density at radius 3 is 2.82 bits per heavy atom. The summed E-state index contributed by atoms with van der Waals surface area (Å²) >= 11 is 0. The number of allylic oxidation sites excluding steroid dienone is 1. The summed E-state index contributed by atoms with van der Waals surface area (Å²) in [4.78, 5) is 21.1. The van der Waals surface area contributed by atoms with Crippen LogP contribution in [0.1, 0.15) is 32.1 Å². The van der Waals surface area contributed by atoms with Crippen molar-refractivity contribution in [3.05, 3.63) is 47.7 Å². The Bertz CT molecular complexity index is 1110. The zero-order valence-corrected chi connectivity index (χ0v) is 19.7. The summed E-state index contributed by atoms with van der Waals surface area (Å²) in [5.41, 5.74) is 2.27. The smallest absolute Gasteiger partial charge is 0.269 e. The minimum atomic E-state index is -3.49. The fraction of sp³-hybridized carbons (Fsp3) is 0.458. The molecule has 3 heterocycles. The van der Waals surface area contributed by atoms with Gasteiger partial charge < -0.3 is 10.1 Å². The molecule has 0 radical (unpaired) electrons. The van der Waals surface area contributed by atoms with Crippen molar-refractivity contribution in [2.45, 2.75) is 37.0 Å². The molecular weight excluding hydrogens is 440 g/mol. The minimum Gasteiger partial charge on any atom is -0.497 e. The van der Waals surface area contributed by atoms with Gasteiger partial charge in [0.1, 0.15) is 11.5 Å². The zero-order chi connectivity index (χ0) is 23.3. The van der Waals surface area contributed by atoms with E-state index in [1.807, 2.05) is 12.2 Å². The lowest BCUT2D eigenvalue weighted by Gasteiger charge is -2.31. The summed E-state index contributed by atoms with van der Waals surface area (Å²) in [6, 6.07) is 6.63. The average Bonchev–Trinajstić information content (AvgIpc) is 3.28. The highest BCUT2D eigenvalue weighted by molar-refractivity contribution is 7.89. The number of benzene rings is 1. The third-order valence-electron chi connectivity index (χ3n) is 6.29. The quantitative estimate of drug-likeness (QED) is 0.561. The van der Waals surface area contributed by atoms with Crippen LogP contribution < -0.4 is 10.1 Å². The molecule has 1 N–H and O–H groups in total. The highest BCUT2D eigenvalue weighted by Gasteiger charge is 2.29. The van der Waals surface area contributed by atoms with Gasteiger partial charge in [0.15, 0.2) is 0 Å². The molecule has 1 aromatic carbocycles. The Kier molecular flexibility index (Phi) is 7.39. The molecule has 9 heteroatoms. The topological polar surface area (TPSA) is 100 Å². The van der Waals surface area contributed by atoms with Gasteiger partial charge in [-0.1, -0.05) is 18.9 Å². The number of nitrogens with one attached hydrogen (secondary N) is 1. The van der Waals surface area contributed by atoms with E-state index in [0.717, 1.165) is 43.4 Å². The molecule has 8 nitrogen and oxygen atoms in total. The number of piperidine rings is 1. The lowest BCUT2D eigenvalue weighted by molar-refractivity contribution is -0.114. The van der Waals surface area contributed by atoms with Crippen molar-refractivity contribution in [2.75, 3.05) is 33.3 Å². The molecule has 4 rings (SSSR count). The summed E-state index contributed by atoms with van der Waals surface area (Å²) in [7, 11) is -1.96. The molecule has 0 aliphatic carbocycles. The van der Waals surface area contributed by atoms with Gasteiger partial charge in [0.25, 0.3) is 5.91 Å². The number of carbonyl (C=O) groups is 1. The molecular formula is C24H30N4O4S. The van der Waals surface area contributed by atoms with Crippen molar-refractivity contribution in [1.82, 2.24) is 9.62 Å². The molecule has 0 atom stereocenters. The average molecular weight is 471 g/mol. The highest BCUT2D eigenvalue weighted by Crippen LogP contribution is 2.28. The van der Waals surface area contributed by atoms with E-state index in [1.54, 1.807) is 34.8 Å². The predicted molar refractivity (Wildman–Crippen MR) is 128 cm³/mol. The maximum atomic E-state index is 12.9. The molecule has 1 amide bonds. The summed E-state index contributed by atoms with van der Waals surface area (Å²) in [6.07, 6.45) is 10.00. The van der Waals surface area contributed by atoms with Crippen molar-refractivity contribution >= 4 is 27.9 Å². The van der Waals surface area contributed by atoms with E-state index < -0.39 is 10.0 Å². The Hall–Kier alpha value is -2.78. The van der Waals surface area contributed by atoms with Gasteiger partial charge >= 0.3 is 0 Å². The molecule has 33 heavy (non-hydrogen) atoms. The van der Waals surface area contributed by atoms with Gasteiger partial charge in [-0.15, -0.1) is 0 Å². The van der Waals surface area contributed by atoms with Crippen LogP contribution in [0.5, 0.6) is 5.75 Å². The number of rotatable bonds is 9. The maximum absolute atomic E-state index is 12.9. The SMILES string of the molecule is COc1cccc(S(=O)(=O)N2CCC(CCCCNC(=O)C3=NC4=CC=NCC4=C3)CC2)c1. The van der Waals surface area contributed by atoms with Gasteiger partial charge in [-0.2, -0.15) is 4.31 Å². The lowest BCUT2D eigenvalue weighted by atomic mass is 9.92. The Labute approximate surface area is 195 Å². The van der Waals surface area contributed by atoms with Gasteiger partial charge in [-0.3, -0.25) is 9.79 Å². The monoisotopic (exact) mass is 470 g/mol. The van der Waals surface area contributed by atoms with Gasteiger partial charge in [0.05, 0.1) is 24.2 Å². The first-order valence-corrected chi connectivity index (χ1v) is 12.8. The normalized spacial score (nSPS) is 18.9. The van der Waals surface area contributed by atoms with Gasteiger partial charge in [-0.25, -0.2) is 13.4 Å². The zero-order valence-electron chi connectivity index (χ0n) is 18.9. The number of aliphatic imine (C=N–C) groups is 2. The Balaban J connectivity index is 1.15. The molecule has 176 valence electrons. The number of hydrogen-bond donors (Lipinski definition) is 1. The number of unbranched alkanes of at least 4 members (excludes halogenated alkanes) is 1. The van der Waals surface area contributed by atoms with Crippen LogP contribution in [0, 0.1) is 5.92 Å². The summed E-state index contributed by atoms with van der Waals surface area (Å²) in [5, 5.41) is 2.95. The van der Waals surface area contributed by atoms with E-state index >= 15 is 0 Å². The van der Waals surface area contributed by atoms with E-state index in [4.69, 9.17) is 4.74 Å². The second kappa shape index (κ2) is 10.4. The molecule has 1 aromatic rings. The predicted octanol–water partition coefficient (Wildman–Crippen LogP) is 2.73. The third kappa shape index (κ3) is 5.59. The fourth-order valence-corrected chi connectivity index (χ4v) is 5.84. The van der Waals surface area contributed by atoms with Crippen LogP contribution >= 0.6 is 0 Å². The number of nitrogens with zero attached hydrogens (tertiary/aromatic N) is 3. The Morgan fingerprint density at radius 2 is 2.06 bits per heavy atom. The number of ether oxygens (including phenoxy) is 1. The molecule has 0 saturated carbocycles. The molecule has 0 spiro atoms. The maximum Gasteiger partial charge on any atom is 0.269 e. The molecule has 0 aromatic heterocycles. The van der Waals surface area contributed by atoms with Crippen molar-refractivity contribution in [1.29, 1.82) is 0 Å². The first-order valence-electron chi connectivity index (χ1n) is 11.4. The highest BCUT2D eigenvalue weighted by atomic mass is 32.2. The van der Waals surface area contributed by atoms with Crippen molar-refractivity contribution < 1.29 is 17.9 Å². The molecule has 0 bridgehead atoms. The fourth-order valence-electron chi connectivity index (χ4n) is 4.33. The van der Waals surface area contributed by atoms with Crippen LogP contribution in [0.3, 0.4) is 0 Å². The Morgan fingerprint density at radius 1 is 1.24 bits per heavy atom. The van der Waals surface area contributed by atoms with E-state index in [-0.39, 0.29) is 10.8 Å². The van der Waals surface area contributed by atoms with Crippen molar-refractivity contribution in [3.63, 3.8) is 0 Å². The molecule has 0 unspecified atom stereocenters. The van der Waals surface area contributed by atoms with E-state index in [1.165, 1.54) is 7.11 Å². The van der Waals surface area contributed by atoms with E-state index in [2.05, 4.69) is 15.3 Å². The van der Waals surface area contributed by atoms with E-state index in [9.17, 15) is 13.2 Å². The second-order valence-electron chi connectivity index (χ2n) is 8.49. The first-order chi connectivity index (χ1) is 16.0. The summed E-state index contributed by atoms with van der Waals surface area (Å²) in [5.74, 6) is 0.907. The van der Waals surface area contributed by atoms with Crippen LogP contribution in [-0.4, -0.2) is 63.8 Å².